The fraction of sp³-hybridized carbons (Fsp3) is 0.414. The smallest absolute Gasteiger partial charge is 0.373 e. The second-order valence-electron chi connectivity index (χ2n) is 29.1. The van der Waals surface area contributed by atoms with Crippen molar-refractivity contribution in [1.29, 1.82) is 0 Å². The molecule has 3 amide bonds. The second kappa shape index (κ2) is 43.5. The normalized spacial score (nSPS) is 24.3. The van der Waals surface area contributed by atoms with Crippen molar-refractivity contribution in [3.8, 4) is 0 Å². The lowest BCUT2D eigenvalue weighted by molar-refractivity contribution is -0.176. The van der Waals surface area contributed by atoms with Crippen LogP contribution in [-0.2, 0) is 48.0 Å². The van der Waals surface area contributed by atoms with Crippen molar-refractivity contribution < 1.29 is 58.1 Å². The number of aliphatic carboxylic acids is 1. The number of carbonyl (C=O) groups is 9. The first-order valence-electron chi connectivity index (χ1n) is 37.3. The maximum Gasteiger partial charge on any atom is 0.373 e. The minimum atomic E-state index is -0.646. The summed E-state index contributed by atoms with van der Waals surface area (Å²) in [6.07, 6.45) is 13.9. The van der Waals surface area contributed by atoms with Crippen molar-refractivity contribution in [3.05, 3.63) is 251 Å². The lowest BCUT2D eigenvalue weighted by atomic mass is 9.69. The Bertz CT molecular complexity index is 3760. The highest BCUT2D eigenvalue weighted by atomic mass is 79.9. The highest BCUT2D eigenvalue weighted by Gasteiger charge is 2.40. The van der Waals surface area contributed by atoms with E-state index in [9.17, 15) is 43.2 Å². The number of carbonyl (C=O) groups excluding carboxylic acids is 8. The molecule has 106 heavy (non-hydrogen) atoms. The SMILES string of the molecule is CB(O)NCC(=O)C1CC(c2ccccc2)C1.CC(=O)C1CC(c2ccccc2)C1.CON(C)C(=O)C1CC(c2ccccc2)C1.O=C(CBr)C1CC(c2ccccc2)C1.O=C(CNCl)C1CC(c2ccccc2)C1.O=C(O)C1CC(c2ccccc2)C1.O=CN(C=O)CC(=O)C1CC(c2ccccc2)C1. The van der Waals surface area contributed by atoms with E-state index in [4.69, 9.17) is 26.7 Å². The topological polar surface area (TPSA) is 234 Å². The lowest BCUT2D eigenvalue weighted by Crippen LogP contribution is -2.40. The summed E-state index contributed by atoms with van der Waals surface area (Å²) in [6, 6.07) is 72.2. The molecule has 560 valence electrons. The van der Waals surface area contributed by atoms with Crippen LogP contribution in [0.5, 0.6) is 0 Å². The predicted octanol–water partition coefficient (Wildman–Crippen LogP) is 15.7. The Morgan fingerprint density at radius 1 is 0.434 bits per heavy atom. The minimum Gasteiger partial charge on any atom is -0.481 e. The van der Waals surface area contributed by atoms with E-state index in [-0.39, 0.29) is 72.5 Å². The van der Waals surface area contributed by atoms with Crippen LogP contribution in [0.4, 0.5) is 0 Å². The van der Waals surface area contributed by atoms with Crippen molar-refractivity contribution in [1.82, 2.24) is 20.0 Å². The number of halogens is 2. The molecule has 7 fully saturated rings. The summed E-state index contributed by atoms with van der Waals surface area (Å²) in [4.78, 5) is 109. The maximum atomic E-state index is 11.8. The van der Waals surface area contributed by atoms with Gasteiger partial charge in [-0.05, 0) is 196 Å². The Morgan fingerprint density at radius 2 is 0.689 bits per heavy atom. The molecule has 19 heteroatoms. The van der Waals surface area contributed by atoms with Crippen molar-refractivity contribution in [2.45, 2.75) is 145 Å². The molecule has 0 heterocycles. The molecule has 7 aliphatic rings. The summed E-state index contributed by atoms with van der Waals surface area (Å²) >= 11 is 8.52. The number of hydroxylamine groups is 2. The molecule has 14 rings (SSSR count). The number of nitrogens with zero attached hydrogens (tertiary/aromatic N) is 2. The van der Waals surface area contributed by atoms with E-state index in [2.05, 4.69) is 135 Å². The van der Waals surface area contributed by atoms with Gasteiger partial charge in [0.05, 0.1) is 31.4 Å². The Balaban J connectivity index is 0.000000157. The number of hydrogen-bond acceptors (Lipinski definition) is 13. The fourth-order valence-electron chi connectivity index (χ4n) is 14.6. The molecule has 0 spiro atoms. The molecule has 0 bridgehead atoms. The first-order valence-corrected chi connectivity index (χ1v) is 38.8. The molecule has 7 aromatic rings. The van der Waals surface area contributed by atoms with Gasteiger partial charge in [-0.25, -0.2) is 9.90 Å². The highest BCUT2D eigenvalue weighted by molar-refractivity contribution is 9.09. The van der Waals surface area contributed by atoms with Gasteiger partial charge in [0.2, 0.25) is 18.7 Å². The first kappa shape index (κ1) is 83.3. The third-order valence-electron chi connectivity index (χ3n) is 22.1. The largest absolute Gasteiger partial charge is 0.481 e. The number of carboxylic acids is 1. The van der Waals surface area contributed by atoms with Crippen LogP contribution in [-0.4, -0.2) is 120 Å². The zero-order valence-electron chi connectivity index (χ0n) is 61.4. The third-order valence-corrected chi connectivity index (χ3v) is 22.8. The second-order valence-corrected chi connectivity index (χ2v) is 30.0. The number of ketones is 5. The van der Waals surface area contributed by atoms with Crippen LogP contribution < -0.4 is 10.1 Å². The summed E-state index contributed by atoms with van der Waals surface area (Å²) in [6.45, 7) is 3.80. The molecule has 7 aromatic carbocycles. The number of hydrogen-bond donors (Lipinski definition) is 4. The zero-order chi connectivity index (χ0) is 75.9. The number of Topliss-reactive ketones (excluding diaryl/α,β-unsaturated/α-hetero) is 5. The van der Waals surface area contributed by atoms with E-state index in [0.717, 1.165) is 94.8 Å². The van der Waals surface area contributed by atoms with E-state index < -0.39 is 13.0 Å². The first-order chi connectivity index (χ1) is 51.3. The van der Waals surface area contributed by atoms with Gasteiger partial charge in [-0.15, -0.1) is 0 Å². The molecule has 4 N–H and O–H groups in total. The summed E-state index contributed by atoms with van der Waals surface area (Å²) in [5.41, 5.74) is 9.32. The molecule has 0 atom stereocenters. The van der Waals surface area contributed by atoms with Crippen molar-refractivity contribution >= 4 is 88.4 Å². The van der Waals surface area contributed by atoms with Gasteiger partial charge in [-0.1, -0.05) is 228 Å². The molecule has 0 saturated heterocycles. The zero-order valence-corrected chi connectivity index (χ0v) is 63.7. The molecule has 0 aliphatic heterocycles. The van der Waals surface area contributed by atoms with Gasteiger partial charge in [-0.2, -0.15) is 0 Å². The number of benzene rings is 7. The predicted molar refractivity (Wildman–Crippen MR) is 420 cm³/mol. The maximum absolute atomic E-state index is 11.8. The molecule has 0 radical (unpaired) electrons. The Morgan fingerprint density at radius 3 is 0.934 bits per heavy atom. The van der Waals surface area contributed by atoms with Crippen LogP contribution in [0.3, 0.4) is 0 Å². The van der Waals surface area contributed by atoms with Crippen LogP contribution in [0.2, 0.25) is 6.82 Å². The van der Waals surface area contributed by atoms with Gasteiger partial charge < -0.3 is 15.4 Å². The summed E-state index contributed by atoms with van der Waals surface area (Å²) < 4.78 is 0. The molecule has 16 nitrogen and oxygen atoms in total. The van der Waals surface area contributed by atoms with Crippen molar-refractivity contribution in [2.75, 3.05) is 39.1 Å². The van der Waals surface area contributed by atoms with E-state index in [1.54, 1.807) is 20.8 Å². The van der Waals surface area contributed by atoms with Gasteiger partial charge in [0.1, 0.15) is 17.3 Å². The van der Waals surface area contributed by atoms with E-state index in [1.165, 1.54) is 51.1 Å². The van der Waals surface area contributed by atoms with Gasteiger partial charge in [0.25, 0.3) is 0 Å². The lowest BCUT2D eigenvalue weighted by Gasteiger charge is -2.36. The van der Waals surface area contributed by atoms with E-state index in [1.807, 2.05) is 103 Å². The van der Waals surface area contributed by atoms with Crippen LogP contribution in [0.25, 0.3) is 0 Å². The molecular weight excluding hydrogens is 1420 g/mol. The van der Waals surface area contributed by atoms with Crippen LogP contribution >= 0.6 is 27.7 Å². The Kier molecular flexibility index (Phi) is 34.1. The monoisotopic (exact) mass is 1520 g/mol. The average molecular weight is 1520 g/mol. The molecule has 7 saturated carbocycles. The number of alkyl halides is 1. The van der Waals surface area contributed by atoms with Gasteiger partial charge >= 0.3 is 13.0 Å². The standard InChI is InChI=1S/C14H15NO3.C13H18BNO2.C13H17NO2.C12H13BrO.C12H14ClNO.C12H14O.C11H12O2/c16-9-15(10-17)8-14(18)13-6-12(7-13)11-4-2-1-3-5-11;1-14(17)15-9-13(16)12-7-11(8-12)10-5-3-2-4-6-10;1-14(16-2)13(15)12-8-11(9-12)10-6-4-3-5-7-10;13-8-12(14)11-6-10(7-11)9-4-2-1-3-5-9;13-14-8-12(15)11-6-10(7-11)9-4-2-1-3-5-9;1-9(13)11-7-12(8-11)10-5-3-2-4-6-10;12-11(13)10-6-9(7-10)8-4-2-1-3-5-8/h1-5,9-10,12-13H,6-8H2;2-6,11-12,15,17H,7-9H2,1H3;3-7,11-12H,8-9H2,1-2H3;1-5,10-11H,6-8H2;1-5,10-11,14H,6-8H2;2-6,11-12H,7-8H2,1H3;1-5,9-10H,6-7H2,(H,12,13). The number of rotatable bonds is 25. The van der Waals surface area contributed by atoms with Crippen LogP contribution in [0.15, 0.2) is 212 Å². The minimum absolute atomic E-state index is 0.0161. The molecular formula is C87H103BBrClN4O12. The number of carboxylic acid groups (broad SMARTS) is 1. The third kappa shape index (κ3) is 25.4. The summed E-state index contributed by atoms with van der Waals surface area (Å²) in [7, 11) is 2.58. The quantitative estimate of drug-likeness (QED) is 0.0137. The average Bonchev–Trinajstić information content (AvgIpc) is 0.844. The fourth-order valence-corrected chi connectivity index (χ4v) is 15.2. The summed E-state index contributed by atoms with van der Waals surface area (Å²) in [5, 5.41) is 22.3. The van der Waals surface area contributed by atoms with Crippen molar-refractivity contribution in [3.63, 3.8) is 0 Å². The van der Waals surface area contributed by atoms with E-state index in [0.29, 0.717) is 83.0 Å². The number of amides is 3. The van der Waals surface area contributed by atoms with Gasteiger partial charge in [0.15, 0.2) is 11.6 Å². The number of nitrogens with one attached hydrogen (secondary N) is 2. The number of imide groups is 1. The Labute approximate surface area is 639 Å². The van der Waals surface area contributed by atoms with Crippen molar-refractivity contribution in [2.24, 2.45) is 41.4 Å². The van der Waals surface area contributed by atoms with Gasteiger partial charge in [0, 0.05) is 49.1 Å². The van der Waals surface area contributed by atoms with Crippen LogP contribution in [0.1, 0.15) is 177 Å². The highest BCUT2D eigenvalue weighted by Crippen LogP contribution is 2.47. The Hall–Kier alpha value is -8.36. The van der Waals surface area contributed by atoms with E-state index >= 15 is 0 Å². The molecule has 0 unspecified atom stereocenters. The summed E-state index contributed by atoms with van der Waals surface area (Å²) in [5.74, 6) is 5.42. The van der Waals surface area contributed by atoms with Crippen LogP contribution in [0, 0.1) is 41.4 Å². The van der Waals surface area contributed by atoms with Gasteiger partial charge in [-0.3, -0.25) is 52.9 Å². The molecule has 0 aromatic heterocycles. The molecule has 7 aliphatic carbocycles.